The summed E-state index contributed by atoms with van der Waals surface area (Å²) >= 11 is 1.37. The summed E-state index contributed by atoms with van der Waals surface area (Å²) in [6.45, 7) is 3.75. The Kier molecular flexibility index (Phi) is 9.39. The zero-order valence-corrected chi connectivity index (χ0v) is 22.7. The molecule has 202 valence electrons. The normalized spacial score (nSPS) is 13.2. The van der Waals surface area contributed by atoms with Crippen molar-refractivity contribution in [3.8, 4) is 11.5 Å². The Bertz CT molecular complexity index is 1190. The van der Waals surface area contributed by atoms with Crippen LogP contribution >= 0.6 is 11.3 Å². The molecule has 0 radical (unpaired) electrons. The lowest BCUT2D eigenvalue weighted by Gasteiger charge is -2.35. The number of thiazole rings is 1. The van der Waals surface area contributed by atoms with Gasteiger partial charge in [-0.1, -0.05) is 0 Å². The average molecular weight is 540 g/mol. The molecule has 0 bridgehead atoms. The summed E-state index contributed by atoms with van der Waals surface area (Å²) in [5.74, 6) is 1.44. The molecule has 11 heteroatoms. The van der Waals surface area contributed by atoms with Gasteiger partial charge in [-0.3, -0.25) is 4.79 Å². The molecule has 1 saturated heterocycles. The predicted octanol–water partition coefficient (Wildman–Crippen LogP) is 3.80. The van der Waals surface area contributed by atoms with Gasteiger partial charge in [0, 0.05) is 56.6 Å². The summed E-state index contributed by atoms with van der Waals surface area (Å²) in [4.78, 5) is 36.4. The maximum atomic E-state index is 13.1. The predicted molar refractivity (Wildman–Crippen MR) is 148 cm³/mol. The number of nitrogens with one attached hydrogen (secondary N) is 1. The maximum absolute atomic E-state index is 13.1. The smallest absolute Gasteiger partial charge is 0.322 e. The van der Waals surface area contributed by atoms with Crippen molar-refractivity contribution >= 4 is 34.6 Å². The van der Waals surface area contributed by atoms with Gasteiger partial charge in [0.1, 0.15) is 22.2 Å². The Labute approximate surface area is 226 Å². The lowest BCUT2D eigenvalue weighted by molar-refractivity contribution is 0.0741. The third-order valence-corrected chi connectivity index (χ3v) is 7.13. The molecule has 1 aliphatic heterocycles. The van der Waals surface area contributed by atoms with Gasteiger partial charge in [-0.25, -0.2) is 9.78 Å². The molecule has 38 heavy (non-hydrogen) atoms. The van der Waals surface area contributed by atoms with Gasteiger partial charge in [0.05, 0.1) is 27.4 Å². The minimum Gasteiger partial charge on any atom is -0.497 e. The molecule has 0 unspecified atom stereocenters. The van der Waals surface area contributed by atoms with Crippen molar-refractivity contribution in [2.75, 3.05) is 70.9 Å². The van der Waals surface area contributed by atoms with E-state index in [4.69, 9.17) is 14.2 Å². The zero-order valence-electron chi connectivity index (χ0n) is 21.9. The van der Waals surface area contributed by atoms with Crippen LogP contribution in [0.15, 0.2) is 53.9 Å². The first-order valence-corrected chi connectivity index (χ1v) is 13.2. The van der Waals surface area contributed by atoms with Crippen LogP contribution in [0, 0.1) is 0 Å². The highest BCUT2D eigenvalue weighted by Gasteiger charge is 2.25. The van der Waals surface area contributed by atoms with Crippen LogP contribution in [0.4, 0.5) is 16.2 Å². The number of methoxy groups -OCH3 is 3. The van der Waals surface area contributed by atoms with Crippen LogP contribution in [-0.2, 0) is 11.3 Å². The molecule has 0 atom stereocenters. The van der Waals surface area contributed by atoms with E-state index in [0.717, 1.165) is 24.5 Å². The summed E-state index contributed by atoms with van der Waals surface area (Å²) in [5, 5.41) is 5.35. The van der Waals surface area contributed by atoms with Gasteiger partial charge >= 0.3 is 6.03 Å². The molecule has 0 saturated carbocycles. The molecule has 1 N–H and O–H groups in total. The van der Waals surface area contributed by atoms with Gasteiger partial charge < -0.3 is 34.2 Å². The number of benzene rings is 2. The Morgan fingerprint density at radius 2 is 1.58 bits per heavy atom. The first kappa shape index (κ1) is 27.2. The summed E-state index contributed by atoms with van der Waals surface area (Å²) in [6.07, 6.45) is 0. The number of carbonyl (C=O) groups excluding carboxylic acids is 2. The van der Waals surface area contributed by atoms with Crippen LogP contribution < -0.4 is 19.7 Å². The van der Waals surface area contributed by atoms with E-state index in [1.54, 1.807) is 55.9 Å². The summed E-state index contributed by atoms with van der Waals surface area (Å²) in [5.41, 5.74) is 2.17. The second-order valence-corrected chi connectivity index (χ2v) is 9.62. The number of carbonyl (C=O) groups is 2. The number of anilines is 2. The molecule has 2 aromatic carbocycles. The number of nitrogens with zero attached hydrogens (tertiary/aromatic N) is 4. The fraction of sp³-hybridized carbons (Fsp3) is 0.370. The number of rotatable bonds is 10. The Morgan fingerprint density at radius 1 is 0.947 bits per heavy atom. The standard InChI is InChI=1S/C27H33N5O5S/c1-35-17-16-32(27(34)28-20-4-8-22(36-2)9-5-20)18-25-29-24(19-38-25)26(33)31-14-12-30(13-15-31)21-6-10-23(37-3)11-7-21/h4-11,19H,12-18H2,1-3H3,(H,28,34). The molecule has 2 heterocycles. The van der Waals surface area contributed by atoms with Crippen LogP contribution in [0.2, 0.25) is 0 Å². The van der Waals surface area contributed by atoms with E-state index in [1.807, 2.05) is 29.2 Å². The Hall–Kier alpha value is -3.83. The number of hydrogen-bond donors (Lipinski definition) is 1. The van der Waals surface area contributed by atoms with Crippen molar-refractivity contribution in [1.29, 1.82) is 0 Å². The van der Waals surface area contributed by atoms with E-state index in [1.165, 1.54) is 11.3 Å². The van der Waals surface area contributed by atoms with Crippen molar-refractivity contribution in [3.63, 3.8) is 0 Å². The minimum atomic E-state index is -0.273. The van der Waals surface area contributed by atoms with E-state index >= 15 is 0 Å². The third kappa shape index (κ3) is 6.93. The average Bonchev–Trinajstić information content (AvgIpc) is 3.44. The van der Waals surface area contributed by atoms with Crippen LogP contribution in [0.1, 0.15) is 15.5 Å². The molecule has 3 amide bonds. The highest BCUT2D eigenvalue weighted by molar-refractivity contribution is 7.09. The number of urea groups is 1. The van der Waals surface area contributed by atoms with Crippen molar-refractivity contribution in [2.45, 2.75) is 6.54 Å². The van der Waals surface area contributed by atoms with Crippen LogP contribution in [-0.4, -0.2) is 87.4 Å². The number of hydrogen-bond acceptors (Lipinski definition) is 8. The first-order valence-electron chi connectivity index (χ1n) is 12.3. The summed E-state index contributed by atoms with van der Waals surface area (Å²) < 4.78 is 15.6. The second-order valence-electron chi connectivity index (χ2n) is 8.68. The molecule has 1 fully saturated rings. The summed E-state index contributed by atoms with van der Waals surface area (Å²) in [6, 6.07) is 14.8. The van der Waals surface area contributed by atoms with Gasteiger partial charge in [-0.2, -0.15) is 0 Å². The van der Waals surface area contributed by atoms with E-state index in [-0.39, 0.29) is 18.5 Å². The highest BCUT2D eigenvalue weighted by atomic mass is 32.1. The third-order valence-electron chi connectivity index (χ3n) is 6.30. The van der Waals surface area contributed by atoms with Crippen LogP contribution in [0.3, 0.4) is 0 Å². The van der Waals surface area contributed by atoms with Crippen LogP contribution in [0.5, 0.6) is 11.5 Å². The van der Waals surface area contributed by atoms with Crippen molar-refractivity contribution in [3.05, 3.63) is 64.6 Å². The SMILES string of the molecule is COCCN(Cc1nc(C(=O)N2CCN(c3ccc(OC)cc3)CC2)cs1)C(=O)Nc1ccc(OC)cc1. The molecule has 3 aromatic rings. The topological polar surface area (TPSA) is 96.5 Å². The molecule has 1 aliphatic rings. The number of aromatic nitrogens is 1. The molecular weight excluding hydrogens is 506 g/mol. The summed E-state index contributed by atoms with van der Waals surface area (Å²) in [7, 11) is 4.83. The molecule has 1 aromatic heterocycles. The molecule has 0 aliphatic carbocycles. The lowest BCUT2D eigenvalue weighted by Crippen LogP contribution is -2.48. The minimum absolute atomic E-state index is 0.0898. The Morgan fingerprint density at radius 3 is 2.18 bits per heavy atom. The van der Waals surface area contributed by atoms with Gasteiger partial charge in [0.2, 0.25) is 0 Å². The van der Waals surface area contributed by atoms with Gasteiger partial charge in [-0.05, 0) is 48.5 Å². The second kappa shape index (κ2) is 13.1. The fourth-order valence-electron chi connectivity index (χ4n) is 4.10. The Balaban J connectivity index is 1.34. The molecule has 10 nitrogen and oxygen atoms in total. The van der Waals surface area contributed by atoms with E-state index in [0.29, 0.717) is 48.4 Å². The highest BCUT2D eigenvalue weighted by Crippen LogP contribution is 2.22. The van der Waals surface area contributed by atoms with E-state index < -0.39 is 0 Å². The van der Waals surface area contributed by atoms with Crippen molar-refractivity contribution in [1.82, 2.24) is 14.8 Å². The molecule has 4 rings (SSSR count). The number of piperazine rings is 1. The first-order chi connectivity index (χ1) is 18.5. The zero-order chi connectivity index (χ0) is 26.9. The van der Waals surface area contributed by atoms with Crippen molar-refractivity contribution in [2.24, 2.45) is 0 Å². The molecular formula is C27H33N5O5S. The number of ether oxygens (including phenoxy) is 3. The maximum Gasteiger partial charge on any atom is 0.322 e. The van der Waals surface area contributed by atoms with Crippen molar-refractivity contribution < 1.29 is 23.8 Å². The van der Waals surface area contributed by atoms with E-state index in [2.05, 4.69) is 15.2 Å². The van der Waals surface area contributed by atoms with Gasteiger partial charge in [0.25, 0.3) is 5.91 Å². The molecule has 0 spiro atoms. The van der Waals surface area contributed by atoms with Crippen LogP contribution in [0.25, 0.3) is 0 Å². The lowest BCUT2D eigenvalue weighted by atomic mass is 10.2. The quantitative estimate of drug-likeness (QED) is 0.419. The number of amides is 3. The van der Waals surface area contributed by atoms with Gasteiger partial charge in [0.15, 0.2) is 0 Å². The monoisotopic (exact) mass is 539 g/mol. The van der Waals surface area contributed by atoms with Gasteiger partial charge in [-0.15, -0.1) is 11.3 Å². The van der Waals surface area contributed by atoms with E-state index in [9.17, 15) is 9.59 Å². The fourth-order valence-corrected chi connectivity index (χ4v) is 4.88. The largest absolute Gasteiger partial charge is 0.497 e.